The molecular formula is C34H38NO4P. The summed E-state index contributed by atoms with van der Waals surface area (Å²) in [5.41, 5.74) is 8.42. The first-order valence-corrected chi connectivity index (χ1v) is 14.8. The van der Waals surface area contributed by atoms with Crippen LogP contribution in [-0.4, -0.2) is 14.2 Å². The largest absolute Gasteiger partial charge is 0.496 e. The van der Waals surface area contributed by atoms with Gasteiger partial charge in [0.15, 0.2) is 0 Å². The highest BCUT2D eigenvalue weighted by Crippen LogP contribution is 2.49. The molecule has 5 aromatic rings. The highest BCUT2D eigenvalue weighted by atomic mass is 31.1. The zero-order valence-electron chi connectivity index (χ0n) is 24.6. The lowest BCUT2D eigenvalue weighted by Crippen LogP contribution is -2.28. The van der Waals surface area contributed by atoms with Gasteiger partial charge in [0.25, 0.3) is 0 Å². The van der Waals surface area contributed by atoms with Crippen LogP contribution in [0.15, 0.2) is 81.2 Å². The number of aryl methyl sites for hydroxylation is 4. The summed E-state index contributed by atoms with van der Waals surface area (Å²) in [5, 5.41) is 2.14. The number of hydrogen-bond acceptors (Lipinski definition) is 5. The molecule has 0 N–H and O–H groups in total. The second kappa shape index (κ2) is 11.4. The maximum Gasteiger partial charge on any atom is 0.310 e. The number of nitrogens with zero attached hydrogens (tertiary/aromatic N) is 1. The van der Waals surface area contributed by atoms with Crippen molar-refractivity contribution in [1.82, 2.24) is 0 Å². The van der Waals surface area contributed by atoms with E-state index in [0.717, 1.165) is 55.7 Å². The van der Waals surface area contributed by atoms with E-state index in [2.05, 4.69) is 82.6 Å². The maximum absolute atomic E-state index is 7.00. The number of methoxy groups -OCH3 is 2. The molecule has 4 aromatic carbocycles. The van der Waals surface area contributed by atoms with E-state index in [0.29, 0.717) is 0 Å². The third-order valence-corrected chi connectivity index (χ3v) is 9.37. The number of fused-ring (bicyclic) bond motifs is 3. The van der Waals surface area contributed by atoms with Crippen molar-refractivity contribution in [3.05, 3.63) is 106 Å². The Bertz CT molecular complexity index is 1600. The van der Waals surface area contributed by atoms with Crippen molar-refractivity contribution in [1.29, 1.82) is 0 Å². The Labute approximate surface area is 237 Å². The molecule has 0 fully saturated rings. The molecular weight excluding hydrogens is 517 g/mol. The lowest BCUT2D eigenvalue weighted by Gasteiger charge is -2.33. The molecule has 0 saturated heterocycles. The third-order valence-electron chi connectivity index (χ3n) is 7.63. The first kappa shape index (κ1) is 27.9. The van der Waals surface area contributed by atoms with Crippen LogP contribution in [0, 0.1) is 27.7 Å². The van der Waals surface area contributed by atoms with Crippen LogP contribution in [0.4, 0.5) is 0 Å². The molecule has 0 bridgehead atoms. The van der Waals surface area contributed by atoms with Gasteiger partial charge in [-0.25, -0.2) is 0 Å². The lowest BCUT2D eigenvalue weighted by molar-refractivity contribution is 0.399. The van der Waals surface area contributed by atoms with Gasteiger partial charge in [-0.15, -0.1) is 0 Å². The summed E-state index contributed by atoms with van der Waals surface area (Å²) in [4.78, 5) is 0. The summed E-state index contributed by atoms with van der Waals surface area (Å²) >= 11 is 0. The number of hydrogen-bond donors (Lipinski definition) is 0. The Balaban J connectivity index is 1.88. The summed E-state index contributed by atoms with van der Waals surface area (Å²) in [6.45, 7) is 12.9. The molecule has 0 aliphatic rings. The van der Waals surface area contributed by atoms with Gasteiger partial charge < -0.3 is 17.9 Å². The highest BCUT2D eigenvalue weighted by molar-refractivity contribution is 7.39. The molecule has 0 aliphatic heterocycles. The van der Waals surface area contributed by atoms with Gasteiger partial charge in [0.2, 0.25) is 0 Å². The average molecular weight is 556 g/mol. The fourth-order valence-electron chi connectivity index (χ4n) is 5.75. The molecule has 0 radical (unpaired) electrons. The Hall–Kier alpha value is -3.66. The van der Waals surface area contributed by atoms with E-state index in [4.69, 9.17) is 17.9 Å². The maximum atomic E-state index is 7.00. The molecule has 5 nitrogen and oxygen atoms in total. The molecule has 0 amide bonds. The van der Waals surface area contributed by atoms with Gasteiger partial charge in [0, 0.05) is 34.0 Å². The second-order valence-electron chi connectivity index (χ2n) is 10.6. The zero-order chi connectivity index (χ0) is 28.6. The van der Waals surface area contributed by atoms with Crippen molar-refractivity contribution in [3.8, 4) is 11.5 Å². The number of rotatable bonds is 7. The van der Waals surface area contributed by atoms with Crippen molar-refractivity contribution in [2.75, 3.05) is 18.9 Å². The molecule has 0 unspecified atom stereocenters. The second-order valence-corrected chi connectivity index (χ2v) is 11.9. The van der Waals surface area contributed by atoms with Gasteiger partial charge in [-0.3, -0.25) is 0 Å². The van der Waals surface area contributed by atoms with E-state index in [9.17, 15) is 0 Å². The predicted molar refractivity (Wildman–Crippen MR) is 166 cm³/mol. The van der Waals surface area contributed by atoms with E-state index >= 15 is 0 Å². The van der Waals surface area contributed by atoms with Crippen LogP contribution in [0.3, 0.4) is 0 Å². The highest BCUT2D eigenvalue weighted by Gasteiger charge is 2.32. The summed E-state index contributed by atoms with van der Waals surface area (Å²) in [6, 6.07) is 24.9. The smallest absolute Gasteiger partial charge is 0.310 e. The van der Waals surface area contributed by atoms with Gasteiger partial charge in [0.05, 0.1) is 14.2 Å². The summed E-state index contributed by atoms with van der Waals surface area (Å²) in [5.74, 6) is 1.66. The lowest BCUT2D eigenvalue weighted by atomic mass is 10.0. The van der Waals surface area contributed by atoms with Crippen LogP contribution >= 0.6 is 8.16 Å². The predicted octanol–water partition coefficient (Wildman–Crippen LogP) is 10.0. The Morgan fingerprint density at radius 2 is 1.02 bits per heavy atom. The first-order valence-electron chi connectivity index (χ1n) is 13.7. The van der Waals surface area contributed by atoms with E-state index in [1.807, 2.05) is 36.4 Å². The standard InChI is InChI=1S/C34H38NO4P/c1-21-17-23(3)33-29(19-21)30-20-22(2)18-24(4)34(30)39-40(38-33)35(25(5)27-13-9-11-15-31(27)36-7)26(6)28-14-10-12-16-32(28)37-8/h9-20,25-26H,1-8H3/t25-,26-/m0/s1. The topological polar surface area (TPSA) is 48.0 Å². The van der Waals surface area contributed by atoms with Crippen LogP contribution in [0.5, 0.6) is 11.5 Å². The van der Waals surface area contributed by atoms with Gasteiger partial charge in [-0.1, -0.05) is 48.5 Å². The molecule has 5 rings (SSSR count). The normalized spacial score (nSPS) is 13.0. The molecule has 40 heavy (non-hydrogen) atoms. The molecule has 1 aromatic heterocycles. The van der Waals surface area contributed by atoms with Crippen LogP contribution in [0.2, 0.25) is 0 Å². The number of benzene rings is 4. The summed E-state index contributed by atoms with van der Waals surface area (Å²) in [7, 11) is 1.81. The van der Waals surface area contributed by atoms with E-state index in [1.165, 1.54) is 11.1 Å². The van der Waals surface area contributed by atoms with Crippen LogP contribution in [0.1, 0.15) is 59.3 Å². The molecule has 0 spiro atoms. The van der Waals surface area contributed by atoms with Crippen molar-refractivity contribution in [3.63, 3.8) is 0 Å². The Kier molecular flexibility index (Phi) is 7.98. The van der Waals surface area contributed by atoms with Gasteiger partial charge in [-0.2, -0.15) is 4.67 Å². The van der Waals surface area contributed by atoms with Crippen LogP contribution in [-0.2, 0) is 0 Å². The minimum Gasteiger partial charge on any atom is -0.496 e. The molecule has 0 aliphatic carbocycles. The van der Waals surface area contributed by atoms with Crippen molar-refractivity contribution >= 4 is 30.1 Å². The van der Waals surface area contributed by atoms with Crippen molar-refractivity contribution in [2.24, 2.45) is 0 Å². The molecule has 2 atom stereocenters. The molecule has 0 saturated carbocycles. The first-order chi connectivity index (χ1) is 19.2. The van der Waals surface area contributed by atoms with Gasteiger partial charge >= 0.3 is 8.16 Å². The van der Waals surface area contributed by atoms with Gasteiger partial charge in [0.1, 0.15) is 22.7 Å². The average Bonchev–Trinajstić information content (AvgIpc) is 3.10. The van der Waals surface area contributed by atoms with Gasteiger partial charge in [-0.05, 0) is 88.1 Å². The fraction of sp³-hybridized carbons (Fsp3) is 0.294. The molecule has 1 heterocycles. The number of ether oxygens (including phenoxy) is 2. The minimum atomic E-state index is -1.63. The Morgan fingerprint density at radius 3 is 1.43 bits per heavy atom. The van der Waals surface area contributed by atoms with E-state index in [-0.39, 0.29) is 12.1 Å². The molecule has 6 heteroatoms. The Morgan fingerprint density at radius 1 is 0.625 bits per heavy atom. The SMILES string of the molecule is COc1ccccc1[C@H](C)N([C@@H](C)c1ccccc1OC)p1oc2c(C)cc(C)cc2c2cc(C)cc(C)c2o1. The number of para-hydroxylation sites is 2. The minimum absolute atomic E-state index is 0.108. The van der Waals surface area contributed by atoms with Crippen molar-refractivity contribution < 1.29 is 17.9 Å². The zero-order valence-corrected chi connectivity index (χ0v) is 25.5. The van der Waals surface area contributed by atoms with Crippen molar-refractivity contribution in [2.45, 2.75) is 53.6 Å². The van der Waals surface area contributed by atoms with E-state index in [1.54, 1.807) is 14.2 Å². The molecule has 208 valence electrons. The summed E-state index contributed by atoms with van der Waals surface area (Å²) in [6.07, 6.45) is 0. The fourth-order valence-corrected chi connectivity index (χ4v) is 7.58. The summed E-state index contributed by atoms with van der Waals surface area (Å²) < 4.78 is 28.0. The van der Waals surface area contributed by atoms with Crippen LogP contribution < -0.4 is 14.1 Å². The monoisotopic (exact) mass is 555 g/mol. The van der Waals surface area contributed by atoms with E-state index < -0.39 is 8.16 Å². The van der Waals surface area contributed by atoms with Crippen LogP contribution in [0.25, 0.3) is 21.9 Å². The quantitative estimate of drug-likeness (QED) is 0.200. The third kappa shape index (κ3) is 5.12.